The Labute approximate surface area is 167 Å². The van der Waals surface area contributed by atoms with Gasteiger partial charge in [0.15, 0.2) is 0 Å². The van der Waals surface area contributed by atoms with Gasteiger partial charge in [-0.1, -0.05) is 48.5 Å². The third-order valence-electron chi connectivity index (χ3n) is 4.68. The molecule has 1 aromatic heterocycles. The van der Waals surface area contributed by atoms with Crippen molar-refractivity contribution in [1.29, 1.82) is 0 Å². The van der Waals surface area contributed by atoms with Crippen molar-refractivity contribution in [2.75, 3.05) is 11.9 Å². The number of nitrogens with one attached hydrogen (secondary N) is 2. The summed E-state index contributed by atoms with van der Waals surface area (Å²) < 4.78 is 0. The number of rotatable bonds is 5. The quantitative estimate of drug-likeness (QED) is 0.659. The normalized spacial score (nSPS) is 13.7. The molecule has 2 N–H and O–H groups in total. The van der Waals surface area contributed by atoms with Gasteiger partial charge in [0.05, 0.1) is 17.2 Å². The van der Waals surface area contributed by atoms with Crippen molar-refractivity contribution in [3.63, 3.8) is 0 Å². The second-order valence-corrected chi connectivity index (χ2v) is 6.50. The molecule has 0 saturated carbocycles. The maximum Gasteiger partial charge on any atom is 0.320 e. The van der Waals surface area contributed by atoms with Crippen molar-refractivity contribution in [1.82, 2.24) is 15.2 Å². The van der Waals surface area contributed by atoms with E-state index in [2.05, 4.69) is 15.6 Å². The van der Waals surface area contributed by atoms with Gasteiger partial charge in [-0.3, -0.25) is 19.8 Å². The predicted octanol–water partition coefficient (Wildman–Crippen LogP) is 3.24. The highest BCUT2D eigenvalue weighted by Crippen LogP contribution is 2.31. The number of carbonyl (C=O) groups excluding carboxylic acids is 3. The number of amides is 4. The van der Waals surface area contributed by atoms with E-state index in [1.807, 2.05) is 30.3 Å². The molecule has 0 bridgehead atoms. The topological polar surface area (TPSA) is 91.4 Å². The van der Waals surface area contributed by atoms with Gasteiger partial charge in [-0.2, -0.15) is 0 Å². The fourth-order valence-electron chi connectivity index (χ4n) is 3.31. The van der Waals surface area contributed by atoms with E-state index >= 15 is 0 Å². The summed E-state index contributed by atoms with van der Waals surface area (Å²) in [7, 11) is 0. The number of imide groups is 1. The second-order valence-electron chi connectivity index (χ2n) is 6.50. The van der Waals surface area contributed by atoms with Crippen LogP contribution in [0.25, 0.3) is 0 Å². The average Bonchev–Trinajstić information content (AvgIpc) is 3.01. The molecular weight excluding hydrogens is 368 g/mol. The zero-order valence-corrected chi connectivity index (χ0v) is 15.4. The number of carbonyl (C=O) groups is 3. The van der Waals surface area contributed by atoms with E-state index in [-0.39, 0.29) is 18.4 Å². The first kappa shape index (κ1) is 18.4. The summed E-state index contributed by atoms with van der Waals surface area (Å²) in [5.74, 6) is -0.334. The highest BCUT2D eigenvalue weighted by atomic mass is 16.2. The number of fused-ring (bicyclic) bond motifs is 1. The lowest BCUT2D eigenvalue weighted by Crippen LogP contribution is -2.42. The molecule has 0 aliphatic carbocycles. The standard InChI is InChI=1S/C22H18N4O3/c27-20-16-10-4-5-11-17(16)21(28)26(20)18(15-8-2-1-3-9-15)14-24-22(29)25-19-12-6-7-13-23-19/h1-13,18H,14H2,(H2,23,24,25,29). The second kappa shape index (κ2) is 7.93. The smallest absolute Gasteiger partial charge is 0.320 e. The molecule has 29 heavy (non-hydrogen) atoms. The van der Waals surface area contributed by atoms with Crippen LogP contribution < -0.4 is 10.6 Å². The molecule has 0 spiro atoms. The van der Waals surface area contributed by atoms with Crippen LogP contribution in [0.4, 0.5) is 10.6 Å². The molecule has 3 aromatic rings. The molecule has 2 heterocycles. The van der Waals surface area contributed by atoms with E-state index in [9.17, 15) is 14.4 Å². The maximum absolute atomic E-state index is 12.9. The van der Waals surface area contributed by atoms with Crippen LogP contribution >= 0.6 is 0 Å². The summed E-state index contributed by atoms with van der Waals surface area (Å²) in [5.41, 5.74) is 1.49. The highest BCUT2D eigenvalue weighted by molar-refractivity contribution is 6.21. The number of pyridine rings is 1. The van der Waals surface area contributed by atoms with Gasteiger partial charge in [0.2, 0.25) is 0 Å². The van der Waals surface area contributed by atoms with Gasteiger partial charge in [-0.05, 0) is 29.8 Å². The molecule has 1 unspecified atom stereocenters. The van der Waals surface area contributed by atoms with Crippen LogP contribution in [0.3, 0.4) is 0 Å². The SMILES string of the molecule is O=C(NCC(c1ccccc1)N1C(=O)c2ccccc2C1=O)Nc1ccccn1. The third-order valence-corrected chi connectivity index (χ3v) is 4.68. The third kappa shape index (κ3) is 3.70. The summed E-state index contributed by atoms with van der Waals surface area (Å²) in [4.78, 5) is 43.4. The van der Waals surface area contributed by atoms with Crippen molar-refractivity contribution in [2.45, 2.75) is 6.04 Å². The maximum atomic E-state index is 12.9. The van der Waals surface area contributed by atoms with Crippen molar-refractivity contribution in [3.05, 3.63) is 95.7 Å². The highest BCUT2D eigenvalue weighted by Gasteiger charge is 2.40. The molecule has 144 valence electrons. The number of benzene rings is 2. The average molecular weight is 386 g/mol. The predicted molar refractivity (Wildman–Crippen MR) is 107 cm³/mol. The molecular formula is C22H18N4O3. The van der Waals surface area contributed by atoms with Crippen LogP contribution in [0.15, 0.2) is 79.0 Å². The largest absolute Gasteiger partial charge is 0.335 e. The minimum absolute atomic E-state index is 0.0636. The zero-order valence-electron chi connectivity index (χ0n) is 15.4. The zero-order chi connectivity index (χ0) is 20.2. The van der Waals surface area contributed by atoms with E-state index in [4.69, 9.17) is 0 Å². The van der Waals surface area contributed by atoms with Gasteiger partial charge in [0, 0.05) is 12.7 Å². The van der Waals surface area contributed by atoms with Gasteiger partial charge in [0.1, 0.15) is 5.82 Å². The first-order chi connectivity index (χ1) is 14.1. The molecule has 1 atom stereocenters. The van der Waals surface area contributed by atoms with Crippen LogP contribution in [0, 0.1) is 0 Å². The summed E-state index contributed by atoms with van der Waals surface area (Å²) in [5, 5.41) is 5.37. The Morgan fingerprint density at radius 3 is 2.10 bits per heavy atom. The molecule has 1 aliphatic heterocycles. The van der Waals surface area contributed by atoms with E-state index in [0.29, 0.717) is 16.9 Å². The Balaban J connectivity index is 1.56. The van der Waals surface area contributed by atoms with Crippen molar-refractivity contribution in [2.24, 2.45) is 0 Å². The van der Waals surface area contributed by atoms with Gasteiger partial charge < -0.3 is 5.32 Å². The molecule has 7 heteroatoms. The number of anilines is 1. The van der Waals surface area contributed by atoms with Crippen molar-refractivity contribution < 1.29 is 14.4 Å². The van der Waals surface area contributed by atoms with E-state index in [1.54, 1.807) is 48.7 Å². The Kier molecular flexibility index (Phi) is 5.03. The Morgan fingerprint density at radius 1 is 0.862 bits per heavy atom. The molecule has 0 radical (unpaired) electrons. The number of aromatic nitrogens is 1. The van der Waals surface area contributed by atoms with Gasteiger partial charge in [-0.15, -0.1) is 0 Å². The van der Waals surface area contributed by atoms with Crippen LogP contribution in [0.2, 0.25) is 0 Å². The molecule has 4 amide bonds. The van der Waals surface area contributed by atoms with E-state index < -0.39 is 12.1 Å². The van der Waals surface area contributed by atoms with Crippen LogP contribution in [-0.2, 0) is 0 Å². The first-order valence-electron chi connectivity index (χ1n) is 9.13. The van der Waals surface area contributed by atoms with Crippen molar-refractivity contribution >= 4 is 23.7 Å². The number of hydrogen-bond acceptors (Lipinski definition) is 4. The van der Waals surface area contributed by atoms with Crippen LogP contribution in [-0.4, -0.2) is 34.3 Å². The molecule has 0 saturated heterocycles. The summed E-state index contributed by atoms with van der Waals surface area (Å²) in [6.45, 7) is 0.0636. The number of hydrogen-bond donors (Lipinski definition) is 2. The van der Waals surface area contributed by atoms with Gasteiger partial charge in [0.25, 0.3) is 11.8 Å². The fraction of sp³-hybridized carbons (Fsp3) is 0.0909. The van der Waals surface area contributed by atoms with Gasteiger partial charge in [-0.25, -0.2) is 9.78 Å². The van der Waals surface area contributed by atoms with Crippen LogP contribution in [0.1, 0.15) is 32.3 Å². The minimum atomic E-state index is -0.641. The Hall–Kier alpha value is -4.00. The van der Waals surface area contributed by atoms with Gasteiger partial charge >= 0.3 is 6.03 Å². The molecule has 7 nitrogen and oxygen atoms in total. The monoisotopic (exact) mass is 386 g/mol. The number of nitrogens with zero attached hydrogens (tertiary/aromatic N) is 2. The van der Waals surface area contributed by atoms with E-state index in [0.717, 1.165) is 5.56 Å². The summed E-state index contributed by atoms with van der Waals surface area (Å²) >= 11 is 0. The Bertz CT molecular complexity index is 1020. The first-order valence-corrected chi connectivity index (χ1v) is 9.13. The van der Waals surface area contributed by atoms with E-state index in [1.165, 1.54) is 4.90 Å². The summed E-state index contributed by atoms with van der Waals surface area (Å²) in [6.07, 6.45) is 1.57. The molecule has 4 rings (SSSR count). The Morgan fingerprint density at radius 2 is 1.48 bits per heavy atom. The minimum Gasteiger partial charge on any atom is -0.335 e. The lowest BCUT2D eigenvalue weighted by atomic mass is 10.1. The fourth-order valence-corrected chi connectivity index (χ4v) is 3.31. The molecule has 1 aliphatic rings. The van der Waals surface area contributed by atoms with Crippen molar-refractivity contribution in [3.8, 4) is 0 Å². The lowest BCUT2D eigenvalue weighted by Gasteiger charge is -2.27. The number of urea groups is 1. The molecule has 0 fully saturated rings. The lowest BCUT2D eigenvalue weighted by molar-refractivity contribution is 0.0582. The molecule has 2 aromatic carbocycles. The van der Waals surface area contributed by atoms with Crippen LogP contribution in [0.5, 0.6) is 0 Å². The summed E-state index contributed by atoms with van der Waals surface area (Å²) in [6, 6.07) is 19.9.